The molecule has 2 N–H and O–H groups in total. The van der Waals surface area contributed by atoms with Crippen molar-refractivity contribution in [2.45, 2.75) is 11.8 Å². The molecule has 0 unspecified atom stereocenters. The van der Waals surface area contributed by atoms with E-state index in [0.29, 0.717) is 5.56 Å². The molecule has 1 aromatic carbocycles. The Morgan fingerprint density at radius 2 is 2.05 bits per heavy atom. The molecule has 8 heteroatoms. The van der Waals surface area contributed by atoms with Crippen LogP contribution >= 0.6 is 11.6 Å². The molecule has 0 amide bonds. The van der Waals surface area contributed by atoms with Crippen LogP contribution in [0.15, 0.2) is 17.0 Å². The zero-order valence-electron chi connectivity index (χ0n) is 10.8. The van der Waals surface area contributed by atoms with E-state index in [-0.39, 0.29) is 22.2 Å². The predicted octanol–water partition coefficient (Wildman–Crippen LogP) is 1.02. The van der Waals surface area contributed by atoms with Gasteiger partial charge in [-0.25, -0.2) is 8.42 Å². The van der Waals surface area contributed by atoms with Crippen LogP contribution in [0.4, 0.5) is 5.69 Å². The van der Waals surface area contributed by atoms with Crippen LogP contribution < -0.4 is 5.73 Å². The summed E-state index contributed by atoms with van der Waals surface area (Å²) in [4.78, 5) is 11.1. The standard InChI is InChI=1S/C11H15ClN2O4S/c1-7-4-8(12)9(13)5-10(7)19(16,17)14(2)6-11(15)18-3/h4-5H,6,13H2,1-3H3. The largest absolute Gasteiger partial charge is 0.468 e. The number of aryl methyl sites for hydroxylation is 1. The Balaban J connectivity index is 3.20. The molecule has 0 aliphatic rings. The summed E-state index contributed by atoms with van der Waals surface area (Å²) >= 11 is 5.81. The molecule has 1 aromatic rings. The molecule has 0 fully saturated rings. The van der Waals surface area contributed by atoms with Crippen LogP contribution in [0.5, 0.6) is 0 Å². The highest BCUT2D eigenvalue weighted by Gasteiger charge is 2.25. The van der Waals surface area contributed by atoms with Crippen LogP contribution in [0, 0.1) is 6.92 Å². The van der Waals surface area contributed by atoms with E-state index in [1.165, 1.54) is 26.3 Å². The van der Waals surface area contributed by atoms with Crippen molar-refractivity contribution in [3.05, 3.63) is 22.7 Å². The third-order valence-corrected chi connectivity index (χ3v) is 4.83. The van der Waals surface area contributed by atoms with E-state index >= 15 is 0 Å². The number of nitrogens with zero attached hydrogens (tertiary/aromatic N) is 1. The Morgan fingerprint density at radius 1 is 1.47 bits per heavy atom. The number of nitrogens with two attached hydrogens (primary N) is 1. The normalized spacial score (nSPS) is 11.6. The number of hydrogen-bond donors (Lipinski definition) is 1. The molecular formula is C11H15ClN2O4S. The minimum Gasteiger partial charge on any atom is -0.468 e. The fourth-order valence-electron chi connectivity index (χ4n) is 1.45. The van der Waals surface area contributed by atoms with Crippen molar-refractivity contribution >= 4 is 33.3 Å². The van der Waals surface area contributed by atoms with Gasteiger partial charge in [-0.1, -0.05) is 11.6 Å². The van der Waals surface area contributed by atoms with Crippen LogP contribution in [0.25, 0.3) is 0 Å². The lowest BCUT2D eigenvalue weighted by Gasteiger charge is -2.18. The van der Waals surface area contributed by atoms with Gasteiger partial charge in [-0.3, -0.25) is 4.79 Å². The molecule has 0 radical (unpaired) electrons. The summed E-state index contributed by atoms with van der Waals surface area (Å²) in [6.07, 6.45) is 0. The molecule has 0 atom stereocenters. The molecule has 0 spiro atoms. The van der Waals surface area contributed by atoms with E-state index in [9.17, 15) is 13.2 Å². The van der Waals surface area contributed by atoms with E-state index in [2.05, 4.69) is 4.74 Å². The number of nitrogen functional groups attached to an aromatic ring is 1. The lowest BCUT2D eigenvalue weighted by Crippen LogP contribution is -2.33. The number of hydrogen-bond acceptors (Lipinski definition) is 5. The number of methoxy groups -OCH3 is 1. The summed E-state index contributed by atoms with van der Waals surface area (Å²) in [6.45, 7) is 1.23. The fraction of sp³-hybridized carbons (Fsp3) is 0.364. The quantitative estimate of drug-likeness (QED) is 0.662. The van der Waals surface area contributed by atoms with Gasteiger partial charge in [0.15, 0.2) is 0 Å². The van der Waals surface area contributed by atoms with E-state index in [1.54, 1.807) is 6.92 Å². The second-order valence-corrected chi connectivity index (χ2v) is 6.40. The second kappa shape index (κ2) is 5.77. The summed E-state index contributed by atoms with van der Waals surface area (Å²) < 4.78 is 29.9. The number of sulfonamides is 1. The summed E-state index contributed by atoms with van der Waals surface area (Å²) in [5.74, 6) is -0.648. The molecule has 0 aliphatic carbocycles. The number of rotatable bonds is 4. The van der Waals surface area contributed by atoms with Gasteiger partial charge >= 0.3 is 5.97 Å². The minimum atomic E-state index is -3.82. The lowest BCUT2D eigenvalue weighted by molar-refractivity contribution is -0.140. The van der Waals surface area contributed by atoms with Gasteiger partial charge in [0.2, 0.25) is 10.0 Å². The zero-order valence-corrected chi connectivity index (χ0v) is 12.4. The monoisotopic (exact) mass is 306 g/mol. The van der Waals surface area contributed by atoms with Gasteiger partial charge < -0.3 is 10.5 Å². The molecule has 6 nitrogen and oxygen atoms in total. The van der Waals surface area contributed by atoms with Gasteiger partial charge in [0.05, 0.1) is 22.7 Å². The van der Waals surface area contributed by atoms with Gasteiger partial charge in [-0.05, 0) is 24.6 Å². The van der Waals surface area contributed by atoms with Gasteiger partial charge in [-0.15, -0.1) is 0 Å². The molecule has 0 aromatic heterocycles. The number of anilines is 1. The van der Waals surface area contributed by atoms with Crippen LogP contribution in [0.2, 0.25) is 5.02 Å². The van der Waals surface area contributed by atoms with Crippen LogP contribution in [0.3, 0.4) is 0 Å². The maximum atomic E-state index is 12.3. The van der Waals surface area contributed by atoms with E-state index < -0.39 is 16.0 Å². The maximum absolute atomic E-state index is 12.3. The maximum Gasteiger partial charge on any atom is 0.321 e. The first kappa shape index (κ1) is 15.7. The van der Waals surface area contributed by atoms with Gasteiger partial charge in [0, 0.05) is 7.05 Å². The molecule has 19 heavy (non-hydrogen) atoms. The molecule has 1 rings (SSSR count). The summed E-state index contributed by atoms with van der Waals surface area (Å²) in [5, 5.41) is 0.284. The fourth-order valence-corrected chi connectivity index (χ4v) is 3.02. The Kier molecular flexibility index (Phi) is 4.78. The second-order valence-electron chi connectivity index (χ2n) is 3.98. The van der Waals surface area contributed by atoms with Crippen molar-refractivity contribution in [3.8, 4) is 0 Å². The average molecular weight is 307 g/mol. The van der Waals surface area contributed by atoms with Crippen molar-refractivity contribution in [2.75, 3.05) is 26.4 Å². The van der Waals surface area contributed by atoms with Crippen molar-refractivity contribution in [1.82, 2.24) is 4.31 Å². The average Bonchev–Trinajstić information content (AvgIpc) is 2.33. The third-order valence-electron chi connectivity index (χ3n) is 2.56. The first-order chi connectivity index (χ1) is 8.70. The molecule has 0 heterocycles. The molecule has 0 bridgehead atoms. The molecule has 106 valence electrons. The number of carbonyl (C=O) groups is 1. The number of benzene rings is 1. The summed E-state index contributed by atoms with van der Waals surface area (Å²) in [6, 6.07) is 2.75. The van der Waals surface area contributed by atoms with Crippen molar-refractivity contribution in [1.29, 1.82) is 0 Å². The van der Waals surface area contributed by atoms with E-state index in [4.69, 9.17) is 17.3 Å². The Morgan fingerprint density at radius 3 is 2.58 bits per heavy atom. The topological polar surface area (TPSA) is 89.7 Å². The van der Waals surface area contributed by atoms with Gasteiger partial charge in [0.1, 0.15) is 6.54 Å². The lowest BCUT2D eigenvalue weighted by atomic mass is 10.2. The smallest absolute Gasteiger partial charge is 0.321 e. The molecule has 0 saturated heterocycles. The summed E-state index contributed by atoms with van der Waals surface area (Å²) in [5.41, 5.74) is 6.23. The van der Waals surface area contributed by atoms with E-state index in [0.717, 1.165) is 4.31 Å². The van der Waals surface area contributed by atoms with Crippen LogP contribution in [-0.4, -0.2) is 39.4 Å². The van der Waals surface area contributed by atoms with Gasteiger partial charge in [-0.2, -0.15) is 4.31 Å². The van der Waals surface area contributed by atoms with E-state index in [1.807, 2.05) is 0 Å². The highest BCUT2D eigenvalue weighted by atomic mass is 35.5. The van der Waals surface area contributed by atoms with Crippen molar-refractivity contribution in [3.63, 3.8) is 0 Å². The predicted molar refractivity (Wildman–Crippen MR) is 72.4 cm³/mol. The SMILES string of the molecule is COC(=O)CN(C)S(=O)(=O)c1cc(N)c(Cl)cc1C. The summed E-state index contributed by atoms with van der Waals surface area (Å²) in [7, 11) is -1.34. The van der Waals surface area contributed by atoms with Crippen LogP contribution in [0.1, 0.15) is 5.56 Å². The first-order valence-corrected chi connectivity index (χ1v) is 7.10. The van der Waals surface area contributed by atoms with Crippen molar-refractivity contribution < 1.29 is 17.9 Å². The first-order valence-electron chi connectivity index (χ1n) is 5.29. The van der Waals surface area contributed by atoms with Crippen molar-refractivity contribution in [2.24, 2.45) is 0 Å². The zero-order chi connectivity index (χ0) is 14.8. The highest BCUT2D eigenvalue weighted by Crippen LogP contribution is 2.27. The molecular weight excluding hydrogens is 292 g/mol. The number of esters is 1. The number of ether oxygens (including phenoxy) is 1. The minimum absolute atomic E-state index is 0.0146. The molecule has 0 aliphatic heterocycles. The number of carbonyl (C=O) groups excluding carboxylic acids is 1. The molecule has 0 saturated carbocycles. The Bertz CT molecular complexity index is 601. The van der Waals surface area contributed by atoms with Gasteiger partial charge in [0.25, 0.3) is 0 Å². The third kappa shape index (κ3) is 3.37. The number of likely N-dealkylation sites (N-methyl/N-ethyl adjacent to an activating group) is 1. The Labute approximate surface area is 117 Å². The highest BCUT2D eigenvalue weighted by molar-refractivity contribution is 7.89. The Hall–Kier alpha value is -1.31. The van der Waals surface area contributed by atoms with Crippen LogP contribution in [-0.2, 0) is 19.6 Å². The number of halogens is 1.